The number of rotatable bonds is 3. The van der Waals surface area contributed by atoms with Crippen molar-refractivity contribution in [3.8, 4) is 0 Å². The van der Waals surface area contributed by atoms with Crippen LogP contribution in [0.25, 0.3) is 0 Å². The Morgan fingerprint density at radius 1 is 1.32 bits per heavy atom. The zero-order chi connectivity index (χ0) is 14.0. The molecule has 1 aliphatic carbocycles. The Hall–Kier alpha value is -1.10. The largest absolute Gasteiger partial charge is 0.399 e. The van der Waals surface area contributed by atoms with Crippen LogP contribution in [0.4, 0.5) is 10.1 Å². The van der Waals surface area contributed by atoms with E-state index in [1.54, 1.807) is 0 Å². The average Bonchev–Trinajstić information content (AvgIpc) is 2.37. The molecule has 2 rings (SSSR count). The van der Waals surface area contributed by atoms with Crippen LogP contribution < -0.4 is 5.73 Å². The fourth-order valence-corrected chi connectivity index (χ4v) is 4.80. The molecule has 1 aromatic rings. The second kappa shape index (κ2) is 5.49. The van der Waals surface area contributed by atoms with Gasteiger partial charge in [-0.25, -0.2) is 12.8 Å². The lowest BCUT2D eigenvalue weighted by molar-refractivity contribution is 0.348. The van der Waals surface area contributed by atoms with Crippen molar-refractivity contribution in [3.05, 3.63) is 24.0 Å². The van der Waals surface area contributed by atoms with E-state index in [4.69, 9.17) is 5.73 Å². The highest BCUT2D eigenvalue weighted by Crippen LogP contribution is 2.34. The summed E-state index contributed by atoms with van der Waals surface area (Å²) in [4.78, 5) is 0.0201. The van der Waals surface area contributed by atoms with Gasteiger partial charge in [0.2, 0.25) is 0 Å². The molecule has 2 unspecified atom stereocenters. The Morgan fingerprint density at radius 3 is 2.68 bits per heavy atom. The Bertz CT molecular complexity index is 536. The van der Waals surface area contributed by atoms with Crippen molar-refractivity contribution in [1.29, 1.82) is 0 Å². The Balaban J connectivity index is 2.31. The van der Waals surface area contributed by atoms with Crippen molar-refractivity contribution in [2.75, 3.05) is 5.73 Å². The third-order valence-corrected chi connectivity index (χ3v) is 6.17. The minimum absolute atomic E-state index is 0.0201. The maximum atomic E-state index is 13.3. The Labute approximate surface area is 113 Å². The summed E-state index contributed by atoms with van der Waals surface area (Å²) in [5.41, 5.74) is 5.69. The van der Waals surface area contributed by atoms with Crippen molar-refractivity contribution < 1.29 is 12.8 Å². The molecule has 0 radical (unpaired) electrons. The molecule has 19 heavy (non-hydrogen) atoms. The van der Waals surface area contributed by atoms with Crippen molar-refractivity contribution in [3.63, 3.8) is 0 Å². The molecule has 2 atom stereocenters. The van der Waals surface area contributed by atoms with Gasteiger partial charge in [0, 0.05) is 5.69 Å². The Kier molecular flexibility index (Phi) is 4.13. The van der Waals surface area contributed by atoms with E-state index in [2.05, 4.69) is 6.92 Å². The van der Waals surface area contributed by atoms with Crippen molar-refractivity contribution in [2.24, 2.45) is 5.92 Å². The number of nitrogen functional groups attached to an aromatic ring is 1. The van der Waals surface area contributed by atoms with E-state index in [1.165, 1.54) is 6.07 Å². The number of hydrogen-bond donors (Lipinski definition) is 1. The molecular weight excluding hydrogens is 265 g/mol. The lowest BCUT2D eigenvalue weighted by Gasteiger charge is -2.28. The van der Waals surface area contributed by atoms with Gasteiger partial charge in [-0.3, -0.25) is 0 Å². The highest BCUT2D eigenvalue weighted by molar-refractivity contribution is 7.92. The van der Waals surface area contributed by atoms with Gasteiger partial charge in [0.05, 0.1) is 10.1 Å². The van der Waals surface area contributed by atoms with Crippen LogP contribution in [0.5, 0.6) is 0 Å². The lowest BCUT2D eigenvalue weighted by atomic mass is 9.87. The topological polar surface area (TPSA) is 60.2 Å². The van der Waals surface area contributed by atoms with E-state index >= 15 is 0 Å². The van der Waals surface area contributed by atoms with Crippen LogP contribution in [-0.4, -0.2) is 13.7 Å². The van der Waals surface area contributed by atoms with Gasteiger partial charge in [-0.1, -0.05) is 26.2 Å². The van der Waals surface area contributed by atoms with Gasteiger partial charge in [-0.05, 0) is 37.0 Å². The maximum Gasteiger partial charge on any atom is 0.181 e. The van der Waals surface area contributed by atoms with Gasteiger partial charge in [-0.2, -0.15) is 0 Å². The van der Waals surface area contributed by atoms with Gasteiger partial charge < -0.3 is 5.73 Å². The summed E-state index contributed by atoms with van der Waals surface area (Å²) in [5, 5.41) is -0.396. The van der Waals surface area contributed by atoms with Crippen molar-refractivity contribution >= 4 is 15.5 Å². The molecule has 2 N–H and O–H groups in total. The molecule has 106 valence electrons. The molecular formula is C14H20FNO2S. The van der Waals surface area contributed by atoms with Crippen LogP contribution >= 0.6 is 0 Å². The van der Waals surface area contributed by atoms with Gasteiger partial charge in [0.1, 0.15) is 5.82 Å². The number of nitrogens with two attached hydrogens (primary N) is 1. The summed E-state index contributed by atoms with van der Waals surface area (Å²) in [6.07, 6.45) is 4.35. The van der Waals surface area contributed by atoms with Gasteiger partial charge >= 0.3 is 0 Å². The molecule has 1 saturated carbocycles. The fourth-order valence-electron chi connectivity index (χ4n) is 2.84. The zero-order valence-electron chi connectivity index (χ0n) is 11.1. The second-order valence-electron chi connectivity index (χ2n) is 5.33. The van der Waals surface area contributed by atoms with E-state index < -0.39 is 20.9 Å². The lowest BCUT2D eigenvalue weighted by Crippen LogP contribution is -2.28. The third kappa shape index (κ3) is 3.08. The highest BCUT2D eigenvalue weighted by atomic mass is 32.2. The van der Waals surface area contributed by atoms with Crippen LogP contribution in [0.15, 0.2) is 23.1 Å². The molecule has 0 bridgehead atoms. The number of sulfone groups is 1. The first kappa shape index (κ1) is 14.3. The van der Waals surface area contributed by atoms with Crippen LogP contribution in [0.3, 0.4) is 0 Å². The molecule has 3 nitrogen and oxygen atoms in total. The number of hydrogen-bond acceptors (Lipinski definition) is 3. The van der Waals surface area contributed by atoms with Crippen molar-refractivity contribution in [2.45, 2.75) is 49.2 Å². The van der Waals surface area contributed by atoms with Crippen LogP contribution in [0.2, 0.25) is 0 Å². The SMILES string of the molecule is CCC1CCCC(S(=O)(=O)c2cc(N)cc(F)c2)C1. The molecule has 5 heteroatoms. The van der Waals surface area contributed by atoms with Crippen LogP contribution in [-0.2, 0) is 9.84 Å². The highest BCUT2D eigenvalue weighted by Gasteiger charge is 2.32. The first-order chi connectivity index (χ1) is 8.93. The average molecular weight is 285 g/mol. The Morgan fingerprint density at radius 2 is 2.05 bits per heavy atom. The van der Waals surface area contributed by atoms with Gasteiger partial charge in [-0.15, -0.1) is 0 Å². The minimum Gasteiger partial charge on any atom is -0.399 e. The summed E-state index contributed by atoms with van der Waals surface area (Å²) >= 11 is 0. The summed E-state index contributed by atoms with van der Waals surface area (Å²) in [6.45, 7) is 2.08. The van der Waals surface area contributed by atoms with E-state index in [0.29, 0.717) is 18.8 Å². The van der Waals surface area contributed by atoms with Crippen LogP contribution in [0.1, 0.15) is 39.0 Å². The normalized spacial score (nSPS) is 24.3. The van der Waals surface area contributed by atoms with E-state index in [1.807, 2.05) is 0 Å². The van der Waals surface area contributed by atoms with Gasteiger partial charge in [0.15, 0.2) is 9.84 Å². The summed E-state index contributed by atoms with van der Waals surface area (Å²) in [6, 6.07) is 3.56. The standard InChI is InChI=1S/C14H20FNO2S/c1-2-10-4-3-5-13(6-10)19(17,18)14-8-11(15)7-12(16)9-14/h7-10,13H,2-6,16H2,1H3. The summed E-state index contributed by atoms with van der Waals surface area (Å²) in [5.74, 6) is -0.138. The van der Waals surface area contributed by atoms with E-state index in [-0.39, 0.29) is 10.6 Å². The second-order valence-corrected chi connectivity index (χ2v) is 7.56. The zero-order valence-corrected chi connectivity index (χ0v) is 11.9. The number of halogens is 1. The molecule has 0 spiro atoms. The monoisotopic (exact) mass is 285 g/mol. The maximum absolute atomic E-state index is 13.3. The quantitative estimate of drug-likeness (QED) is 0.868. The van der Waals surface area contributed by atoms with E-state index in [9.17, 15) is 12.8 Å². The predicted molar refractivity (Wildman–Crippen MR) is 74.0 cm³/mol. The van der Waals surface area contributed by atoms with Gasteiger partial charge in [0.25, 0.3) is 0 Å². The molecule has 0 heterocycles. The van der Waals surface area contributed by atoms with E-state index in [0.717, 1.165) is 31.4 Å². The molecule has 1 aliphatic rings. The minimum atomic E-state index is -3.47. The number of anilines is 1. The molecule has 0 saturated heterocycles. The first-order valence-electron chi connectivity index (χ1n) is 6.73. The first-order valence-corrected chi connectivity index (χ1v) is 8.28. The third-order valence-electron chi connectivity index (χ3n) is 3.97. The smallest absolute Gasteiger partial charge is 0.181 e. The molecule has 0 aromatic heterocycles. The molecule has 1 aromatic carbocycles. The molecule has 0 aliphatic heterocycles. The molecule has 1 fully saturated rings. The molecule has 0 amide bonds. The predicted octanol–water partition coefficient (Wildman–Crippen LogP) is 3.15. The summed E-state index contributed by atoms with van der Waals surface area (Å²) in [7, 11) is -3.47. The fraction of sp³-hybridized carbons (Fsp3) is 0.571. The number of benzene rings is 1. The van der Waals surface area contributed by atoms with Crippen LogP contribution in [0, 0.1) is 11.7 Å². The summed E-state index contributed by atoms with van der Waals surface area (Å²) < 4.78 is 38.4. The van der Waals surface area contributed by atoms with Crippen molar-refractivity contribution in [1.82, 2.24) is 0 Å².